The number of carbonyl (C=O) groups is 2. The molecule has 9 heteroatoms. The van der Waals surface area contributed by atoms with E-state index in [-0.39, 0.29) is 29.9 Å². The van der Waals surface area contributed by atoms with Gasteiger partial charge in [-0.1, -0.05) is 101 Å². The van der Waals surface area contributed by atoms with Crippen molar-refractivity contribution in [3.63, 3.8) is 0 Å². The Morgan fingerprint density at radius 2 is 1.53 bits per heavy atom. The van der Waals surface area contributed by atoms with Gasteiger partial charge in [0, 0.05) is 23.8 Å². The van der Waals surface area contributed by atoms with Crippen molar-refractivity contribution in [3.05, 3.63) is 72.3 Å². The van der Waals surface area contributed by atoms with Gasteiger partial charge >= 0.3 is 18.1 Å². The van der Waals surface area contributed by atoms with E-state index in [4.69, 9.17) is 9.16 Å². The lowest BCUT2D eigenvalue weighted by Crippen LogP contribution is -2.66. The van der Waals surface area contributed by atoms with Gasteiger partial charge in [-0.25, -0.2) is 4.79 Å². The van der Waals surface area contributed by atoms with E-state index >= 15 is 0 Å². The second kappa shape index (κ2) is 15.1. The maximum atomic E-state index is 14.3. The van der Waals surface area contributed by atoms with Gasteiger partial charge in [-0.3, -0.25) is 4.79 Å². The minimum atomic E-state index is -4.98. The average Bonchev–Trinajstić information content (AvgIpc) is 3.44. The number of alkyl halides is 3. The number of likely N-dealkylation sites (tertiary alicyclic amines) is 1. The summed E-state index contributed by atoms with van der Waals surface area (Å²) < 4.78 is 55.0. The Labute approximate surface area is 280 Å². The SMILES string of the molecule is CCOC(=O)/C(C)=C/C[C@H]1CCC[C@]2(CCC[C@@H]2[C@@H](C)CCO[Si](c2ccccc2)(c2ccccc2)C(C)(C)C)N1C(=O)C(F)(F)F. The molecular weight excluding hydrogens is 620 g/mol. The monoisotopic (exact) mass is 671 g/mol. The maximum absolute atomic E-state index is 14.3. The van der Waals surface area contributed by atoms with Crippen molar-refractivity contribution in [1.82, 2.24) is 4.90 Å². The lowest BCUT2D eigenvalue weighted by molar-refractivity contribution is -0.201. The third-order valence-electron chi connectivity index (χ3n) is 10.6. The summed E-state index contributed by atoms with van der Waals surface area (Å²) in [6.07, 6.45) is 1.38. The molecule has 4 atom stereocenters. The first kappa shape index (κ1) is 36.9. The third-order valence-corrected chi connectivity index (χ3v) is 15.6. The molecule has 47 heavy (non-hydrogen) atoms. The van der Waals surface area contributed by atoms with Gasteiger partial charge in [0.1, 0.15) is 0 Å². The summed E-state index contributed by atoms with van der Waals surface area (Å²) in [6, 6.07) is 20.2. The first-order chi connectivity index (χ1) is 22.2. The predicted molar refractivity (Wildman–Crippen MR) is 183 cm³/mol. The summed E-state index contributed by atoms with van der Waals surface area (Å²) in [4.78, 5) is 26.7. The molecule has 1 aliphatic heterocycles. The van der Waals surface area contributed by atoms with Crippen molar-refractivity contribution in [2.45, 2.75) is 116 Å². The van der Waals surface area contributed by atoms with Crippen LogP contribution in [0.1, 0.15) is 92.9 Å². The molecule has 2 aromatic rings. The second-order valence-corrected chi connectivity index (χ2v) is 18.7. The van der Waals surface area contributed by atoms with Gasteiger partial charge in [0.2, 0.25) is 0 Å². The van der Waals surface area contributed by atoms with Crippen LogP contribution < -0.4 is 10.4 Å². The number of halogens is 3. The van der Waals surface area contributed by atoms with Crippen LogP contribution >= 0.6 is 0 Å². The topological polar surface area (TPSA) is 55.8 Å². The highest BCUT2D eigenvalue weighted by molar-refractivity contribution is 6.99. The van der Waals surface area contributed by atoms with Gasteiger partial charge in [-0.2, -0.15) is 13.2 Å². The van der Waals surface area contributed by atoms with Crippen molar-refractivity contribution < 1.29 is 31.9 Å². The van der Waals surface area contributed by atoms with E-state index in [1.165, 1.54) is 15.3 Å². The van der Waals surface area contributed by atoms with Crippen LogP contribution in [0.15, 0.2) is 72.3 Å². The molecule has 2 aliphatic rings. The first-order valence-corrected chi connectivity index (χ1v) is 19.1. The Hall–Kier alpha value is -2.91. The van der Waals surface area contributed by atoms with Crippen molar-refractivity contribution >= 4 is 30.6 Å². The van der Waals surface area contributed by atoms with Gasteiger partial charge in [0.15, 0.2) is 0 Å². The largest absolute Gasteiger partial charge is 0.471 e. The predicted octanol–water partition coefficient (Wildman–Crippen LogP) is 7.97. The van der Waals surface area contributed by atoms with E-state index in [1.807, 2.05) is 12.1 Å². The summed E-state index contributed by atoms with van der Waals surface area (Å²) in [5, 5.41) is 2.19. The zero-order valence-electron chi connectivity index (χ0n) is 28.9. The van der Waals surface area contributed by atoms with Crippen LogP contribution in [0.5, 0.6) is 0 Å². The molecule has 1 aliphatic carbocycles. The van der Waals surface area contributed by atoms with E-state index in [0.29, 0.717) is 37.9 Å². The molecule has 1 amide bonds. The number of hydrogen-bond acceptors (Lipinski definition) is 4. The van der Waals surface area contributed by atoms with Gasteiger partial charge < -0.3 is 14.1 Å². The molecule has 0 unspecified atom stereocenters. The fraction of sp³-hybridized carbons (Fsp3) is 0.579. The van der Waals surface area contributed by atoms with E-state index in [0.717, 1.165) is 19.3 Å². The number of carbonyl (C=O) groups excluding carboxylic acids is 2. The number of ether oxygens (including phenoxy) is 1. The fourth-order valence-electron chi connectivity index (χ4n) is 8.49. The Balaban J connectivity index is 1.62. The molecule has 4 rings (SSSR count). The number of hydrogen-bond donors (Lipinski definition) is 0. The summed E-state index contributed by atoms with van der Waals surface area (Å²) in [5.41, 5.74) is -0.527. The molecule has 0 N–H and O–H groups in total. The second-order valence-electron chi connectivity index (χ2n) is 14.4. The van der Waals surface area contributed by atoms with E-state index < -0.39 is 38.0 Å². The molecule has 1 saturated heterocycles. The highest BCUT2D eigenvalue weighted by atomic mass is 28.4. The molecule has 258 valence electrons. The van der Waals surface area contributed by atoms with Crippen molar-refractivity contribution in [2.24, 2.45) is 11.8 Å². The van der Waals surface area contributed by atoms with Gasteiger partial charge in [-0.15, -0.1) is 0 Å². The number of piperidine rings is 1. The quantitative estimate of drug-likeness (QED) is 0.138. The van der Waals surface area contributed by atoms with Crippen LogP contribution in [0.3, 0.4) is 0 Å². The smallest absolute Gasteiger partial charge is 0.463 e. The molecular formula is C38H52F3NO4Si. The molecule has 0 aromatic heterocycles. The normalized spacial score (nSPS) is 23.2. The van der Waals surface area contributed by atoms with Crippen molar-refractivity contribution in [3.8, 4) is 0 Å². The summed E-state index contributed by atoms with van der Waals surface area (Å²) >= 11 is 0. The van der Waals surface area contributed by atoms with Gasteiger partial charge in [-0.05, 0) is 86.0 Å². The number of nitrogens with zero attached hydrogens (tertiary/aromatic N) is 1. The van der Waals surface area contributed by atoms with Crippen LogP contribution in [0.4, 0.5) is 13.2 Å². The lowest BCUT2D eigenvalue weighted by Gasteiger charge is -2.54. The van der Waals surface area contributed by atoms with Crippen LogP contribution in [0, 0.1) is 11.8 Å². The molecule has 1 heterocycles. The summed E-state index contributed by atoms with van der Waals surface area (Å²) in [7, 11) is -2.77. The summed E-state index contributed by atoms with van der Waals surface area (Å²) in [6.45, 7) is 12.8. The molecule has 1 saturated carbocycles. The number of esters is 1. The molecule has 0 radical (unpaired) electrons. The fourth-order valence-corrected chi connectivity index (χ4v) is 13.1. The van der Waals surface area contributed by atoms with E-state index in [1.54, 1.807) is 19.9 Å². The minimum absolute atomic E-state index is 0.0369. The molecule has 2 fully saturated rings. The number of amides is 1. The average molecular weight is 672 g/mol. The standard InChI is InChI=1S/C38H52F3NO4Si/c1-7-45-34(43)29(3)22-23-30-16-14-25-37(42(30)35(44)38(39,40)41)26-15-21-33(37)28(2)24-27-46-47(36(4,5)6,31-17-10-8-11-18-31)32-19-12-9-13-20-32/h8-13,17-20,22,28,30,33H,7,14-16,21,23-27H2,1-6H3/b29-22+/t28-,30+,33+,37+/m0/s1. The van der Waals surface area contributed by atoms with E-state index in [9.17, 15) is 22.8 Å². The van der Waals surface area contributed by atoms with Crippen LogP contribution in [0.2, 0.25) is 5.04 Å². The molecule has 0 bridgehead atoms. The van der Waals surface area contributed by atoms with Crippen LogP contribution in [0.25, 0.3) is 0 Å². The number of benzene rings is 2. The molecule has 5 nitrogen and oxygen atoms in total. The lowest BCUT2D eigenvalue weighted by atomic mass is 9.70. The highest BCUT2D eigenvalue weighted by Crippen LogP contribution is 2.53. The Morgan fingerprint density at radius 3 is 2.04 bits per heavy atom. The van der Waals surface area contributed by atoms with Gasteiger partial charge in [0.05, 0.1) is 6.61 Å². The van der Waals surface area contributed by atoms with Crippen molar-refractivity contribution in [2.75, 3.05) is 13.2 Å². The highest BCUT2D eigenvalue weighted by Gasteiger charge is 2.59. The zero-order chi connectivity index (χ0) is 34.5. The van der Waals surface area contributed by atoms with E-state index in [2.05, 4.69) is 76.2 Å². The Morgan fingerprint density at radius 1 is 0.979 bits per heavy atom. The van der Waals surface area contributed by atoms with Crippen LogP contribution in [-0.4, -0.2) is 56.1 Å². The maximum Gasteiger partial charge on any atom is 0.471 e. The molecule has 2 aromatic carbocycles. The molecule has 1 spiro atoms. The van der Waals surface area contributed by atoms with Crippen molar-refractivity contribution in [1.29, 1.82) is 0 Å². The summed E-state index contributed by atoms with van der Waals surface area (Å²) in [5.74, 6) is -2.30. The zero-order valence-corrected chi connectivity index (χ0v) is 29.9. The van der Waals surface area contributed by atoms with Crippen LogP contribution in [-0.2, 0) is 18.8 Å². The number of rotatable bonds is 11. The van der Waals surface area contributed by atoms with Gasteiger partial charge in [0.25, 0.3) is 8.32 Å². The first-order valence-electron chi connectivity index (χ1n) is 17.2. The Kier molecular flexibility index (Phi) is 11.9. The third kappa shape index (κ3) is 7.72. The minimum Gasteiger partial charge on any atom is -0.463 e. The Bertz CT molecular complexity index is 1340.